The van der Waals surface area contributed by atoms with Crippen molar-refractivity contribution in [2.24, 2.45) is 0 Å². The van der Waals surface area contributed by atoms with Crippen LogP contribution in [-0.4, -0.2) is 12.6 Å². The van der Waals surface area contributed by atoms with Crippen LogP contribution >= 0.6 is 0 Å². The number of unbranched alkanes of at least 4 members (excludes halogenated alkanes) is 5. The molecule has 0 saturated heterocycles. The van der Waals surface area contributed by atoms with E-state index in [1.54, 1.807) is 0 Å². The van der Waals surface area contributed by atoms with Crippen LogP contribution in [0.25, 0.3) is 0 Å². The standard InChI is InChI=1S/C15H26O2/c1-3-5-7-9-10-11-13-15(16)17-14-12-8-6-4-2/h4,6,8,12H,3,5,7,9-11,13-14H2,1-2H3/b6-4+,12-8+. The van der Waals surface area contributed by atoms with Crippen LogP contribution in [0.4, 0.5) is 0 Å². The molecule has 0 fully saturated rings. The van der Waals surface area contributed by atoms with Gasteiger partial charge in [0.1, 0.15) is 6.61 Å². The number of allylic oxidation sites excluding steroid dienone is 3. The Bertz CT molecular complexity index is 229. The molecule has 0 amide bonds. The number of hydrogen-bond acceptors (Lipinski definition) is 2. The molecule has 2 heteroatoms. The molecule has 0 bridgehead atoms. The minimum absolute atomic E-state index is 0.0781. The van der Waals surface area contributed by atoms with Gasteiger partial charge in [-0.1, -0.05) is 57.3 Å². The summed E-state index contributed by atoms with van der Waals surface area (Å²) in [6.45, 7) is 4.55. The molecule has 0 aliphatic rings. The average molecular weight is 238 g/mol. The van der Waals surface area contributed by atoms with Gasteiger partial charge in [-0.15, -0.1) is 0 Å². The Balaban J connectivity index is 3.29. The van der Waals surface area contributed by atoms with Crippen molar-refractivity contribution in [2.45, 2.75) is 58.8 Å². The lowest BCUT2D eigenvalue weighted by Gasteiger charge is -2.02. The van der Waals surface area contributed by atoms with Crippen LogP contribution in [0.3, 0.4) is 0 Å². The molecule has 0 aromatic rings. The first-order valence-electron chi connectivity index (χ1n) is 6.74. The molecule has 0 rings (SSSR count). The van der Waals surface area contributed by atoms with Crippen molar-refractivity contribution in [3.05, 3.63) is 24.3 Å². The van der Waals surface area contributed by atoms with Crippen LogP contribution in [0.2, 0.25) is 0 Å². The summed E-state index contributed by atoms with van der Waals surface area (Å²) in [6, 6.07) is 0. The van der Waals surface area contributed by atoms with E-state index >= 15 is 0 Å². The SMILES string of the molecule is C/C=C/C=C/COC(=O)CCCCCCCC. The first-order valence-corrected chi connectivity index (χ1v) is 6.74. The minimum Gasteiger partial charge on any atom is -0.461 e. The van der Waals surface area contributed by atoms with Crippen molar-refractivity contribution in [3.63, 3.8) is 0 Å². The van der Waals surface area contributed by atoms with Crippen molar-refractivity contribution in [3.8, 4) is 0 Å². The first kappa shape index (κ1) is 16.0. The molecule has 2 nitrogen and oxygen atoms in total. The van der Waals surface area contributed by atoms with E-state index in [-0.39, 0.29) is 5.97 Å². The topological polar surface area (TPSA) is 26.3 Å². The molecule has 0 radical (unpaired) electrons. The summed E-state index contributed by atoms with van der Waals surface area (Å²) in [5.41, 5.74) is 0. The highest BCUT2D eigenvalue weighted by Crippen LogP contribution is 2.07. The molecule has 0 unspecified atom stereocenters. The number of carbonyl (C=O) groups excluding carboxylic acids is 1. The number of rotatable bonds is 10. The number of carbonyl (C=O) groups is 1. The van der Waals surface area contributed by atoms with Gasteiger partial charge in [0.2, 0.25) is 0 Å². The molecule has 0 aliphatic heterocycles. The molecular formula is C15H26O2. The van der Waals surface area contributed by atoms with Gasteiger partial charge in [-0.3, -0.25) is 4.79 Å². The summed E-state index contributed by atoms with van der Waals surface area (Å²) in [6.07, 6.45) is 15.3. The second-order valence-corrected chi connectivity index (χ2v) is 4.15. The van der Waals surface area contributed by atoms with Crippen LogP contribution < -0.4 is 0 Å². The maximum atomic E-state index is 11.3. The van der Waals surface area contributed by atoms with Crippen LogP contribution in [0.5, 0.6) is 0 Å². The molecular weight excluding hydrogens is 212 g/mol. The van der Waals surface area contributed by atoms with Gasteiger partial charge in [-0.2, -0.15) is 0 Å². The predicted octanol–water partition coefficient (Wildman–Crippen LogP) is 4.41. The molecule has 0 heterocycles. The van der Waals surface area contributed by atoms with Crippen molar-refractivity contribution in [2.75, 3.05) is 6.61 Å². The zero-order chi connectivity index (χ0) is 12.8. The van der Waals surface area contributed by atoms with E-state index in [4.69, 9.17) is 4.74 Å². The lowest BCUT2D eigenvalue weighted by molar-refractivity contribution is -0.142. The van der Waals surface area contributed by atoms with Gasteiger partial charge in [-0.25, -0.2) is 0 Å². The monoisotopic (exact) mass is 238 g/mol. The maximum Gasteiger partial charge on any atom is 0.306 e. The van der Waals surface area contributed by atoms with E-state index in [1.165, 1.54) is 25.7 Å². The van der Waals surface area contributed by atoms with E-state index in [2.05, 4.69) is 6.92 Å². The maximum absolute atomic E-state index is 11.3. The molecule has 0 N–H and O–H groups in total. The highest BCUT2D eigenvalue weighted by atomic mass is 16.5. The van der Waals surface area contributed by atoms with Crippen molar-refractivity contribution in [1.29, 1.82) is 0 Å². The Hall–Kier alpha value is -1.05. The third kappa shape index (κ3) is 12.9. The lowest BCUT2D eigenvalue weighted by Crippen LogP contribution is -2.03. The minimum atomic E-state index is -0.0781. The van der Waals surface area contributed by atoms with Crippen molar-refractivity contribution < 1.29 is 9.53 Å². The first-order chi connectivity index (χ1) is 8.31. The van der Waals surface area contributed by atoms with E-state index in [1.807, 2.05) is 31.2 Å². The Labute approximate surface area is 106 Å². The fraction of sp³-hybridized carbons (Fsp3) is 0.667. The summed E-state index contributed by atoms with van der Waals surface area (Å²) in [5, 5.41) is 0. The zero-order valence-electron chi connectivity index (χ0n) is 11.3. The molecule has 0 aliphatic carbocycles. The van der Waals surface area contributed by atoms with Crippen LogP contribution in [-0.2, 0) is 9.53 Å². The van der Waals surface area contributed by atoms with Gasteiger partial charge < -0.3 is 4.74 Å². The molecule has 98 valence electrons. The average Bonchev–Trinajstić information content (AvgIpc) is 2.33. The predicted molar refractivity (Wildman–Crippen MR) is 72.9 cm³/mol. The van der Waals surface area contributed by atoms with Crippen molar-refractivity contribution in [1.82, 2.24) is 0 Å². The molecule has 0 aromatic heterocycles. The van der Waals surface area contributed by atoms with Crippen LogP contribution in [0.1, 0.15) is 58.8 Å². The summed E-state index contributed by atoms with van der Waals surface area (Å²) in [5.74, 6) is -0.0781. The Kier molecular flexibility index (Phi) is 12.2. The van der Waals surface area contributed by atoms with Gasteiger partial charge in [0.25, 0.3) is 0 Å². The normalized spacial score (nSPS) is 11.4. The smallest absolute Gasteiger partial charge is 0.306 e. The third-order valence-corrected chi connectivity index (χ3v) is 2.51. The second kappa shape index (κ2) is 13.0. The second-order valence-electron chi connectivity index (χ2n) is 4.15. The number of hydrogen-bond donors (Lipinski definition) is 0. The highest BCUT2D eigenvalue weighted by Gasteiger charge is 2.00. The van der Waals surface area contributed by atoms with Gasteiger partial charge in [-0.05, 0) is 19.4 Å². The molecule has 17 heavy (non-hydrogen) atoms. The quantitative estimate of drug-likeness (QED) is 0.320. The Morgan fingerprint density at radius 2 is 1.76 bits per heavy atom. The Morgan fingerprint density at radius 1 is 1.06 bits per heavy atom. The van der Waals surface area contributed by atoms with Gasteiger partial charge in [0.05, 0.1) is 0 Å². The van der Waals surface area contributed by atoms with Crippen molar-refractivity contribution >= 4 is 5.97 Å². The van der Waals surface area contributed by atoms with E-state index in [0.717, 1.165) is 12.8 Å². The molecule has 0 atom stereocenters. The third-order valence-electron chi connectivity index (χ3n) is 2.51. The fourth-order valence-corrected chi connectivity index (χ4v) is 1.51. The van der Waals surface area contributed by atoms with E-state index in [0.29, 0.717) is 13.0 Å². The summed E-state index contributed by atoms with van der Waals surface area (Å²) >= 11 is 0. The van der Waals surface area contributed by atoms with Crippen LogP contribution in [0, 0.1) is 0 Å². The van der Waals surface area contributed by atoms with E-state index in [9.17, 15) is 4.79 Å². The summed E-state index contributed by atoms with van der Waals surface area (Å²) < 4.78 is 5.06. The molecule has 0 aromatic carbocycles. The molecule has 0 saturated carbocycles. The number of ether oxygens (including phenoxy) is 1. The highest BCUT2D eigenvalue weighted by molar-refractivity contribution is 5.69. The fourth-order valence-electron chi connectivity index (χ4n) is 1.51. The summed E-state index contributed by atoms with van der Waals surface area (Å²) in [7, 11) is 0. The van der Waals surface area contributed by atoms with Crippen LogP contribution in [0.15, 0.2) is 24.3 Å². The lowest BCUT2D eigenvalue weighted by atomic mass is 10.1. The molecule has 0 spiro atoms. The largest absolute Gasteiger partial charge is 0.461 e. The van der Waals surface area contributed by atoms with Gasteiger partial charge in [0.15, 0.2) is 0 Å². The summed E-state index contributed by atoms with van der Waals surface area (Å²) in [4.78, 5) is 11.3. The Morgan fingerprint density at radius 3 is 2.47 bits per heavy atom. The van der Waals surface area contributed by atoms with Gasteiger partial charge >= 0.3 is 5.97 Å². The van der Waals surface area contributed by atoms with E-state index < -0.39 is 0 Å². The van der Waals surface area contributed by atoms with Gasteiger partial charge in [0, 0.05) is 6.42 Å². The zero-order valence-corrected chi connectivity index (χ0v) is 11.3. The number of esters is 1.